The first kappa shape index (κ1) is 20.5. The maximum atomic E-state index is 5.74. The van der Waals surface area contributed by atoms with Crippen LogP contribution in [0.4, 0.5) is 0 Å². The number of hydrogen-bond acceptors (Lipinski definition) is 5. The molecule has 0 spiro atoms. The number of rotatable bonds is 8. The molecule has 8 heteroatoms. The van der Waals surface area contributed by atoms with Gasteiger partial charge in [0.2, 0.25) is 5.82 Å². The summed E-state index contributed by atoms with van der Waals surface area (Å²) < 4.78 is 13.1. The predicted octanol–water partition coefficient (Wildman–Crippen LogP) is -0.761. The third-order valence-corrected chi connectivity index (χ3v) is 5.64. The summed E-state index contributed by atoms with van der Waals surface area (Å²) in [5.74, 6) is 3.13. The second-order valence-corrected chi connectivity index (χ2v) is 8.10. The van der Waals surface area contributed by atoms with E-state index >= 15 is 0 Å². The zero-order valence-electron chi connectivity index (χ0n) is 17.7. The van der Waals surface area contributed by atoms with Crippen LogP contribution in [0.2, 0.25) is 0 Å². The number of nitrogens with zero attached hydrogens (tertiary/aromatic N) is 4. The molecule has 1 saturated heterocycles. The normalized spacial score (nSPS) is 20.9. The van der Waals surface area contributed by atoms with E-state index in [1.165, 1.54) is 4.90 Å². The molecule has 0 amide bonds. The van der Waals surface area contributed by atoms with Crippen LogP contribution < -0.4 is 19.3 Å². The molecule has 0 unspecified atom stereocenters. The summed E-state index contributed by atoms with van der Waals surface area (Å²) in [6.07, 6.45) is 1.05. The van der Waals surface area contributed by atoms with Crippen molar-refractivity contribution in [3.63, 3.8) is 0 Å². The molecule has 0 bridgehead atoms. The van der Waals surface area contributed by atoms with Gasteiger partial charge in [-0.1, -0.05) is 13.8 Å². The Morgan fingerprint density at radius 1 is 1.11 bits per heavy atom. The molecule has 1 aliphatic heterocycles. The average molecular weight is 391 g/mol. The van der Waals surface area contributed by atoms with Crippen LogP contribution >= 0.6 is 0 Å². The quantitative estimate of drug-likeness (QED) is 0.620. The fourth-order valence-corrected chi connectivity index (χ4v) is 3.84. The number of nitrogens with one attached hydrogen (secondary N) is 2. The number of aryl methyl sites for hydroxylation is 1. The highest BCUT2D eigenvalue weighted by atomic mass is 16.5. The van der Waals surface area contributed by atoms with Gasteiger partial charge in [0.1, 0.15) is 37.7 Å². The third-order valence-electron chi connectivity index (χ3n) is 5.64. The number of methoxy groups -OCH3 is 2. The molecule has 28 heavy (non-hydrogen) atoms. The first-order valence-corrected chi connectivity index (χ1v) is 10.2. The second kappa shape index (κ2) is 9.34. The van der Waals surface area contributed by atoms with Gasteiger partial charge < -0.3 is 19.3 Å². The van der Waals surface area contributed by atoms with Crippen LogP contribution in [0.15, 0.2) is 18.2 Å². The first-order chi connectivity index (χ1) is 13.5. The molecule has 8 nitrogen and oxygen atoms in total. The Labute approximate surface area is 167 Å². The van der Waals surface area contributed by atoms with Crippen LogP contribution in [-0.2, 0) is 6.54 Å². The van der Waals surface area contributed by atoms with Gasteiger partial charge in [-0.05, 0) is 34.9 Å². The monoisotopic (exact) mass is 390 g/mol. The molecular weight excluding hydrogens is 356 g/mol. The van der Waals surface area contributed by atoms with E-state index in [1.54, 1.807) is 19.1 Å². The molecule has 1 fully saturated rings. The lowest BCUT2D eigenvalue weighted by molar-refractivity contribution is -1.02. The number of benzene rings is 1. The standard InChI is InChI=1S/C20H32N6O2/c1-15(2)8-9-26-20(21-22-23-26)19(25-12-10-24(3)11-13-25)17-7-6-16(27-4)14-18(17)28-5/h6-7,14-15,19H,8-13H2,1-5H3/p+2/t19-/m0/s1. The number of aromatic nitrogens is 4. The van der Waals surface area contributed by atoms with E-state index in [0.29, 0.717) is 5.92 Å². The predicted molar refractivity (Wildman–Crippen MR) is 106 cm³/mol. The van der Waals surface area contributed by atoms with Crippen molar-refractivity contribution in [1.82, 2.24) is 20.2 Å². The molecule has 3 rings (SSSR count). The van der Waals surface area contributed by atoms with Crippen LogP contribution in [0.25, 0.3) is 0 Å². The molecule has 0 radical (unpaired) electrons. The lowest BCUT2D eigenvalue weighted by Gasteiger charge is -2.33. The van der Waals surface area contributed by atoms with Crippen molar-refractivity contribution in [2.75, 3.05) is 47.4 Å². The van der Waals surface area contributed by atoms with Crippen molar-refractivity contribution in [2.45, 2.75) is 32.9 Å². The van der Waals surface area contributed by atoms with E-state index < -0.39 is 0 Å². The Bertz CT molecular complexity index is 755. The maximum Gasteiger partial charge on any atom is 0.214 e. The number of quaternary nitrogens is 2. The van der Waals surface area contributed by atoms with Gasteiger partial charge in [-0.3, -0.25) is 0 Å². The van der Waals surface area contributed by atoms with E-state index in [4.69, 9.17) is 9.47 Å². The summed E-state index contributed by atoms with van der Waals surface area (Å²) >= 11 is 0. The molecule has 2 aromatic rings. The molecular formula is C20H34N6O2+2. The minimum absolute atomic E-state index is 0.0381. The van der Waals surface area contributed by atoms with Crippen LogP contribution in [0, 0.1) is 5.92 Å². The summed E-state index contributed by atoms with van der Waals surface area (Å²) in [6.45, 7) is 9.69. The van der Waals surface area contributed by atoms with Gasteiger partial charge in [0, 0.05) is 12.6 Å². The van der Waals surface area contributed by atoms with Crippen LogP contribution in [0.5, 0.6) is 11.5 Å². The van der Waals surface area contributed by atoms with E-state index in [1.807, 2.05) is 16.8 Å². The molecule has 1 aromatic carbocycles. The first-order valence-electron chi connectivity index (χ1n) is 10.2. The number of likely N-dealkylation sites (N-methyl/N-ethyl adjacent to an activating group) is 1. The van der Waals surface area contributed by atoms with Gasteiger partial charge in [-0.25, -0.2) is 4.68 Å². The molecule has 0 saturated carbocycles. The summed E-state index contributed by atoms with van der Waals surface area (Å²) in [4.78, 5) is 3.05. The maximum absolute atomic E-state index is 5.74. The van der Waals surface area contributed by atoms with Crippen molar-refractivity contribution in [3.8, 4) is 11.5 Å². The van der Waals surface area contributed by atoms with E-state index in [2.05, 4.69) is 42.5 Å². The fraction of sp³-hybridized carbons (Fsp3) is 0.650. The van der Waals surface area contributed by atoms with Gasteiger partial charge in [0.15, 0.2) is 6.04 Å². The Balaban J connectivity index is 2.01. The summed E-state index contributed by atoms with van der Waals surface area (Å²) in [6, 6.07) is 6.08. The molecule has 1 aliphatic rings. The average Bonchev–Trinajstić information content (AvgIpc) is 3.16. The second-order valence-electron chi connectivity index (χ2n) is 8.10. The number of tetrazole rings is 1. The van der Waals surface area contributed by atoms with Gasteiger partial charge in [-0.15, -0.1) is 5.10 Å². The molecule has 2 N–H and O–H groups in total. The van der Waals surface area contributed by atoms with Crippen molar-refractivity contribution in [2.24, 2.45) is 5.92 Å². The number of ether oxygens (including phenoxy) is 2. The Morgan fingerprint density at radius 2 is 1.86 bits per heavy atom. The molecule has 154 valence electrons. The minimum Gasteiger partial charge on any atom is -0.497 e. The Morgan fingerprint density at radius 3 is 2.50 bits per heavy atom. The largest absolute Gasteiger partial charge is 0.497 e. The third kappa shape index (κ3) is 4.62. The highest BCUT2D eigenvalue weighted by Gasteiger charge is 2.36. The SMILES string of the molecule is COc1ccc([C@@H](c2nnnn2CCC(C)C)[NH+]2CC[NH+](C)CC2)c(OC)c1. The van der Waals surface area contributed by atoms with Crippen LogP contribution in [0.1, 0.15) is 37.7 Å². The van der Waals surface area contributed by atoms with Crippen molar-refractivity contribution in [3.05, 3.63) is 29.6 Å². The fourth-order valence-electron chi connectivity index (χ4n) is 3.84. The Hall–Kier alpha value is -2.19. The number of hydrogen-bond donors (Lipinski definition) is 2. The van der Waals surface area contributed by atoms with E-state index in [9.17, 15) is 0 Å². The zero-order chi connectivity index (χ0) is 20.1. The van der Waals surface area contributed by atoms with Crippen LogP contribution in [-0.4, -0.2) is 67.7 Å². The highest BCUT2D eigenvalue weighted by Crippen LogP contribution is 2.31. The van der Waals surface area contributed by atoms with Crippen molar-refractivity contribution >= 4 is 0 Å². The lowest BCUT2D eigenvalue weighted by Crippen LogP contribution is -3.27. The summed E-state index contributed by atoms with van der Waals surface area (Å²) in [7, 11) is 5.64. The van der Waals surface area contributed by atoms with Crippen molar-refractivity contribution < 1.29 is 19.3 Å². The highest BCUT2D eigenvalue weighted by molar-refractivity contribution is 5.43. The summed E-state index contributed by atoms with van der Waals surface area (Å²) in [5, 5.41) is 12.8. The molecule has 0 aliphatic carbocycles. The van der Waals surface area contributed by atoms with Gasteiger partial charge in [0.05, 0.1) is 26.8 Å². The smallest absolute Gasteiger partial charge is 0.214 e. The lowest BCUT2D eigenvalue weighted by atomic mass is 10.0. The Kier molecular flexibility index (Phi) is 6.85. The van der Waals surface area contributed by atoms with Gasteiger partial charge in [-0.2, -0.15) is 0 Å². The van der Waals surface area contributed by atoms with Crippen LogP contribution in [0.3, 0.4) is 0 Å². The number of piperazine rings is 1. The topological polar surface area (TPSA) is 70.9 Å². The minimum atomic E-state index is 0.0381. The van der Waals surface area contributed by atoms with E-state index in [-0.39, 0.29) is 6.04 Å². The zero-order valence-corrected chi connectivity index (χ0v) is 17.7. The molecule has 2 heterocycles. The van der Waals surface area contributed by atoms with E-state index in [0.717, 1.165) is 62.0 Å². The molecule has 1 atom stereocenters. The van der Waals surface area contributed by atoms with Crippen molar-refractivity contribution in [1.29, 1.82) is 0 Å². The van der Waals surface area contributed by atoms with Gasteiger partial charge in [0.25, 0.3) is 0 Å². The summed E-state index contributed by atoms with van der Waals surface area (Å²) in [5.41, 5.74) is 1.11. The van der Waals surface area contributed by atoms with Gasteiger partial charge >= 0.3 is 0 Å². The molecule has 1 aromatic heterocycles.